The number of nitrogens with zero attached hydrogens (tertiary/aromatic N) is 1. The van der Waals surface area contributed by atoms with Crippen LogP contribution in [-0.4, -0.2) is 32.2 Å². The zero-order chi connectivity index (χ0) is 24.7. The number of thiazole rings is 1. The molecule has 0 N–H and O–H groups in total. The summed E-state index contributed by atoms with van der Waals surface area (Å²) in [5.74, 6) is 0. The predicted octanol–water partition coefficient (Wildman–Crippen LogP) is 8.62. The molecule has 2 rings (SSSR count). The molecule has 0 spiro atoms. The Hall–Kier alpha value is -0.490. The molecule has 0 amide bonds. The summed E-state index contributed by atoms with van der Waals surface area (Å²) >= 11 is 1.76. The van der Waals surface area contributed by atoms with Gasteiger partial charge in [-0.15, -0.1) is 0 Å². The van der Waals surface area contributed by atoms with Crippen molar-refractivity contribution in [2.24, 2.45) is 0 Å². The molecule has 0 aromatic carbocycles. The van der Waals surface area contributed by atoms with Crippen LogP contribution in [-0.2, 0) is 20.8 Å². The maximum Gasteiger partial charge on any atom is 0.224 e. The van der Waals surface area contributed by atoms with E-state index >= 15 is 0 Å². The van der Waals surface area contributed by atoms with Gasteiger partial charge in [-0.2, -0.15) is 4.57 Å². The second-order valence-corrected chi connectivity index (χ2v) is 11.3. The molecule has 0 saturated carbocycles. The molecule has 0 aliphatic carbocycles. The molecule has 35 heavy (non-hydrogen) atoms. The van der Waals surface area contributed by atoms with Crippen LogP contribution < -0.4 is 4.57 Å². The second-order valence-electron chi connectivity index (χ2n) is 10.5. The summed E-state index contributed by atoms with van der Waals surface area (Å²) in [4.78, 5) is 0. The van der Waals surface area contributed by atoms with E-state index in [0.717, 1.165) is 26.0 Å². The van der Waals surface area contributed by atoms with Crippen LogP contribution in [0.4, 0.5) is 0 Å². The lowest BCUT2D eigenvalue weighted by Crippen LogP contribution is -2.29. The molecule has 5 heteroatoms. The summed E-state index contributed by atoms with van der Waals surface area (Å²) in [6.07, 6.45) is 29.3. The molecule has 0 bridgehead atoms. The Labute approximate surface area is 221 Å². The van der Waals surface area contributed by atoms with E-state index in [4.69, 9.17) is 14.2 Å². The smallest absolute Gasteiger partial charge is 0.224 e. The van der Waals surface area contributed by atoms with E-state index in [1.165, 1.54) is 116 Å². The molecule has 1 aliphatic rings. The zero-order valence-corrected chi connectivity index (χ0v) is 23.8. The van der Waals surface area contributed by atoms with Crippen LogP contribution in [0.2, 0.25) is 0 Å². The highest BCUT2D eigenvalue weighted by atomic mass is 32.1. The summed E-state index contributed by atoms with van der Waals surface area (Å²) in [6.45, 7) is 5.65. The fourth-order valence-corrected chi connectivity index (χ4v) is 5.51. The van der Waals surface area contributed by atoms with Gasteiger partial charge in [-0.3, -0.25) is 0 Å². The minimum atomic E-state index is 0.000164. The molecular formula is C30H56NO3S+. The number of hydrogen-bond donors (Lipinski definition) is 0. The van der Waals surface area contributed by atoms with Crippen molar-refractivity contribution in [3.63, 3.8) is 0 Å². The molecule has 1 aliphatic heterocycles. The summed E-state index contributed by atoms with van der Waals surface area (Å²) in [5, 5.41) is 2.13. The highest BCUT2D eigenvalue weighted by molar-refractivity contribution is 7.07. The van der Waals surface area contributed by atoms with Gasteiger partial charge in [0.15, 0.2) is 12.5 Å². The van der Waals surface area contributed by atoms with Gasteiger partial charge in [-0.1, -0.05) is 115 Å². The minimum absolute atomic E-state index is 0.000164. The molecule has 1 aromatic heterocycles. The van der Waals surface area contributed by atoms with Gasteiger partial charge >= 0.3 is 0 Å². The van der Waals surface area contributed by atoms with Crippen molar-refractivity contribution in [1.82, 2.24) is 0 Å². The third-order valence-electron chi connectivity index (χ3n) is 7.14. The number of ether oxygens (including phenoxy) is 3. The Balaban J connectivity index is 1.25. The Morgan fingerprint density at radius 3 is 2.00 bits per heavy atom. The number of aromatic nitrogens is 1. The first-order valence-corrected chi connectivity index (χ1v) is 16.1. The van der Waals surface area contributed by atoms with Crippen molar-refractivity contribution in [3.05, 3.63) is 17.1 Å². The van der Waals surface area contributed by atoms with E-state index in [9.17, 15) is 0 Å². The molecular weight excluding hydrogens is 454 g/mol. The van der Waals surface area contributed by atoms with Crippen molar-refractivity contribution in [1.29, 1.82) is 0 Å². The summed E-state index contributed by atoms with van der Waals surface area (Å²) < 4.78 is 20.0. The Bertz CT molecular complexity index is 554. The van der Waals surface area contributed by atoms with Crippen molar-refractivity contribution < 1.29 is 18.8 Å². The molecule has 1 aromatic rings. The maximum atomic E-state index is 6.02. The minimum Gasteiger partial charge on any atom is -0.379 e. The molecule has 204 valence electrons. The highest BCUT2D eigenvalue weighted by Crippen LogP contribution is 2.19. The van der Waals surface area contributed by atoms with E-state index < -0.39 is 0 Å². The summed E-state index contributed by atoms with van der Waals surface area (Å²) in [5.41, 5.74) is 2.18. The summed E-state index contributed by atoms with van der Waals surface area (Å²) in [7, 11) is 0. The first-order valence-electron chi connectivity index (χ1n) is 15.1. The van der Waals surface area contributed by atoms with Gasteiger partial charge in [0.25, 0.3) is 0 Å². The van der Waals surface area contributed by atoms with Gasteiger partial charge in [-0.05, 0) is 25.7 Å². The van der Waals surface area contributed by atoms with Gasteiger partial charge in [-0.25, -0.2) is 0 Å². The fraction of sp³-hybridized carbons (Fsp3) is 0.900. The summed E-state index contributed by atoms with van der Waals surface area (Å²) in [6, 6.07) is 0. The monoisotopic (exact) mass is 510 g/mol. The highest BCUT2D eigenvalue weighted by Gasteiger charge is 2.25. The van der Waals surface area contributed by atoms with Crippen molar-refractivity contribution in [2.75, 3.05) is 19.8 Å². The zero-order valence-electron chi connectivity index (χ0n) is 22.9. The van der Waals surface area contributed by atoms with Crippen LogP contribution in [0.3, 0.4) is 0 Å². The quantitative estimate of drug-likeness (QED) is 0.0974. The van der Waals surface area contributed by atoms with Gasteiger partial charge in [0.05, 0.1) is 18.6 Å². The van der Waals surface area contributed by atoms with Gasteiger partial charge < -0.3 is 14.2 Å². The second kappa shape index (κ2) is 22.7. The fourth-order valence-electron chi connectivity index (χ4n) is 4.88. The topological polar surface area (TPSA) is 31.6 Å². The first kappa shape index (κ1) is 30.7. The van der Waals surface area contributed by atoms with E-state index in [0.29, 0.717) is 13.2 Å². The standard InChI is InChI=1S/C30H56NO3S/c1-2-3-4-5-6-7-8-9-10-11-12-13-14-15-18-21-30-33-27-29(34-30)26-32-24-20-17-16-19-22-31-23-25-35-28-31/h23,25,28-30H,2-22,24,26-27H2,1H3/q+1/t29-,30-/m0/s1. The van der Waals surface area contributed by atoms with E-state index in [2.05, 4.69) is 28.6 Å². The van der Waals surface area contributed by atoms with Crippen LogP contribution >= 0.6 is 11.3 Å². The van der Waals surface area contributed by atoms with Crippen molar-refractivity contribution >= 4 is 11.3 Å². The van der Waals surface area contributed by atoms with E-state index in [-0.39, 0.29) is 12.4 Å². The van der Waals surface area contributed by atoms with E-state index in [1.54, 1.807) is 11.3 Å². The lowest BCUT2D eigenvalue weighted by Gasteiger charge is -2.12. The molecule has 2 atom stereocenters. The first-order chi connectivity index (χ1) is 17.4. The number of aryl methyl sites for hydroxylation is 1. The predicted molar refractivity (Wildman–Crippen MR) is 148 cm³/mol. The van der Waals surface area contributed by atoms with Crippen LogP contribution in [0, 0.1) is 0 Å². The molecule has 0 radical (unpaired) electrons. The van der Waals surface area contributed by atoms with Crippen molar-refractivity contribution in [2.45, 2.75) is 154 Å². The molecule has 0 unspecified atom stereocenters. The van der Waals surface area contributed by atoms with Crippen LogP contribution in [0.1, 0.15) is 135 Å². The normalized spacial score (nSPS) is 18.0. The molecule has 4 nitrogen and oxygen atoms in total. The third-order valence-corrected chi connectivity index (χ3v) is 7.81. The number of rotatable bonds is 25. The SMILES string of the molecule is CCCCCCCCCCCCCCCCC[C@H]1OC[C@H](COCCCCCC[n+]2ccsc2)O1. The maximum absolute atomic E-state index is 6.02. The lowest BCUT2D eigenvalue weighted by molar-refractivity contribution is -0.692. The number of unbranched alkanes of at least 4 members (excludes halogenated alkanes) is 17. The van der Waals surface area contributed by atoms with Crippen LogP contribution in [0.5, 0.6) is 0 Å². The van der Waals surface area contributed by atoms with Crippen LogP contribution in [0.25, 0.3) is 0 Å². The van der Waals surface area contributed by atoms with Crippen molar-refractivity contribution in [3.8, 4) is 0 Å². The Kier molecular flexibility index (Phi) is 19.9. The Morgan fingerprint density at radius 1 is 0.771 bits per heavy atom. The van der Waals surface area contributed by atoms with Crippen LogP contribution in [0.15, 0.2) is 17.1 Å². The lowest BCUT2D eigenvalue weighted by atomic mass is 10.0. The molecule has 2 heterocycles. The average Bonchev–Trinajstić information content (AvgIpc) is 3.55. The number of hydrogen-bond acceptors (Lipinski definition) is 4. The molecule has 1 fully saturated rings. The van der Waals surface area contributed by atoms with Gasteiger partial charge in [0.2, 0.25) is 5.51 Å². The third kappa shape index (κ3) is 17.6. The average molecular weight is 511 g/mol. The van der Waals surface area contributed by atoms with E-state index in [1.807, 2.05) is 0 Å². The largest absolute Gasteiger partial charge is 0.379 e. The van der Waals surface area contributed by atoms with Gasteiger partial charge in [0.1, 0.15) is 12.6 Å². The molecule has 1 saturated heterocycles. The Morgan fingerprint density at radius 2 is 1.37 bits per heavy atom. The van der Waals surface area contributed by atoms with Gasteiger partial charge in [0, 0.05) is 13.0 Å².